The van der Waals surface area contributed by atoms with Gasteiger partial charge in [0.15, 0.2) is 0 Å². The van der Waals surface area contributed by atoms with Gasteiger partial charge in [0, 0.05) is 18.2 Å². The summed E-state index contributed by atoms with van der Waals surface area (Å²) in [5.41, 5.74) is 2.17. The quantitative estimate of drug-likeness (QED) is 0.737. The van der Waals surface area contributed by atoms with E-state index in [1.807, 2.05) is 31.3 Å². The third-order valence-corrected chi connectivity index (χ3v) is 2.12. The summed E-state index contributed by atoms with van der Waals surface area (Å²) in [5.74, 6) is 0. The molecule has 1 aromatic carbocycles. The number of aromatic nitrogens is 1. The molecular formula is C12H13NO. The normalized spacial score (nSPS) is 10.6. The van der Waals surface area contributed by atoms with E-state index >= 15 is 0 Å². The van der Waals surface area contributed by atoms with E-state index in [4.69, 9.17) is 4.74 Å². The average molecular weight is 187 g/mol. The predicted octanol–water partition coefficient (Wildman–Crippen LogP) is 2.77. The fourth-order valence-corrected chi connectivity index (χ4v) is 1.42. The van der Waals surface area contributed by atoms with E-state index in [9.17, 15) is 0 Å². The topological polar surface area (TPSA) is 22.1 Å². The van der Waals surface area contributed by atoms with Gasteiger partial charge in [-0.1, -0.05) is 18.2 Å². The number of nitrogens with zero attached hydrogens (tertiary/aromatic N) is 1. The van der Waals surface area contributed by atoms with Crippen molar-refractivity contribution in [3.63, 3.8) is 0 Å². The fourth-order valence-electron chi connectivity index (χ4n) is 1.42. The summed E-state index contributed by atoms with van der Waals surface area (Å²) in [6.45, 7) is 3.38. The minimum absolute atomic E-state index is 0.647. The molecule has 14 heavy (non-hydrogen) atoms. The second-order valence-electron chi connectivity index (χ2n) is 3.17. The first-order valence-corrected chi connectivity index (χ1v) is 4.81. The molecule has 0 aliphatic carbocycles. The van der Waals surface area contributed by atoms with Crippen LogP contribution in [0.5, 0.6) is 0 Å². The Bertz CT molecular complexity index is 425. The highest BCUT2D eigenvalue weighted by Crippen LogP contribution is 2.12. The van der Waals surface area contributed by atoms with Crippen molar-refractivity contribution in [2.24, 2.45) is 0 Å². The highest BCUT2D eigenvalue weighted by atomic mass is 16.5. The highest BCUT2D eigenvalue weighted by Gasteiger charge is 1.96. The summed E-state index contributed by atoms with van der Waals surface area (Å²) in [4.78, 5) is 4.35. The number of ether oxygens (including phenoxy) is 1. The maximum atomic E-state index is 5.33. The third kappa shape index (κ3) is 1.91. The van der Waals surface area contributed by atoms with Crippen molar-refractivity contribution < 1.29 is 4.74 Å². The largest absolute Gasteiger partial charge is 0.377 e. The van der Waals surface area contributed by atoms with Crippen LogP contribution in [0.2, 0.25) is 0 Å². The van der Waals surface area contributed by atoms with Crippen LogP contribution in [0.25, 0.3) is 10.9 Å². The van der Waals surface area contributed by atoms with Gasteiger partial charge in [0.05, 0.1) is 12.1 Å². The highest BCUT2D eigenvalue weighted by molar-refractivity contribution is 5.78. The van der Waals surface area contributed by atoms with Gasteiger partial charge in [-0.2, -0.15) is 0 Å². The van der Waals surface area contributed by atoms with Gasteiger partial charge in [0.2, 0.25) is 0 Å². The maximum absolute atomic E-state index is 5.33. The Balaban J connectivity index is 2.32. The van der Waals surface area contributed by atoms with Crippen molar-refractivity contribution in [2.45, 2.75) is 13.5 Å². The van der Waals surface area contributed by atoms with Crippen LogP contribution >= 0.6 is 0 Å². The van der Waals surface area contributed by atoms with Crippen LogP contribution in [0.4, 0.5) is 0 Å². The molecule has 2 aromatic rings. The van der Waals surface area contributed by atoms with E-state index < -0.39 is 0 Å². The standard InChI is InChI=1S/C12H13NO/c1-2-14-9-10-7-11-5-3-4-6-12(11)13-8-10/h3-8H,2,9H2,1H3. The van der Waals surface area contributed by atoms with Crippen molar-refractivity contribution in [1.82, 2.24) is 4.98 Å². The summed E-state index contributed by atoms with van der Waals surface area (Å²) in [7, 11) is 0. The van der Waals surface area contributed by atoms with Crippen molar-refractivity contribution in [3.05, 3.63) is 42.1 Å². The summed E-state index contributed by atoms with van der Waals surface area (Å²) in [6, 6.07) is 10.2. The Morgan fingerprint density at radius 2 is 2.14 bits per heavy atom. The molecule has 0 atom stereocenters. The first kappa shape index (κ1) is 9.16. The zero-order chi connectivity index (χ0) is 9.80. The van der Waals surface area contributed by atoms with E-state index in [1.54, 1.807) is 0 Å². The molecule has 0 saturated carbocycles. The smallest absolute Gasteiger partial charge is 0.0731 e. The molecule has 0 aliphatic rings. The summed E-state index contributed by atoms with van der Waals surface area (Å²) >= 11 is 0. The summed E-state index contributed by atoms with van der Waals surface area (Å²) in [6.07, 6.45) is 1.87. The zero-order valence-electron chi connectivity index (χ0n) is 8.23. The molecule has 0 aliphatic heterocycles. The molecule has 2 nitrogen and oxygen atoms in total. The van der Waals surface area contributed by atoms with Gasteiger partial charge in [0.1, 0.15) is 0 Å². The van der Waals surface area contributed by atoms with Crippen molar-refractivity contribution in [2.75, 3.05) is 6.61 Å². The first-order chi connectivity index (χ1) is 6.90. The second kappa shape index (κ2) is 4.20. The third-order valence-electron chi connectivity index (χ3n) is 2.12. The number of hydrogen-bond donors (Lipinski definition) is 0. The second-order valence-corrected chi connectivity index (χ2v) is 3.17. The predicted molar refractivity (Wildman–Crippen MR) is 57.1 cm³/mol. The van der Waals surface area contributed by atoms with E-state index in [1.165, 1.54) is 5.39 Å². The van der Waals surface area contributed by atoms with Gasteiger partial charge in [-0.25, -0.2) is 0 Å². The van der Waals surface area contributed by atoms with E-state index in [-0.39, 0.29) is 0 Å². The molecule has 2 rings (SSSR count). The van der Waals surface area contributed by atoms with Crippen molar-refractivity contribution in [3.8, 4) is 0 Å². The number of pyridine rings is 1. The molecule has 0 spiro atoms. The molecule has 0 amide bonds. The lowest BCUT2D eigenvalue weighted by atomic mass is 10.2. The Hall–Kier alpha value is -1.41. The first-order valence-electron chi connectivity index (χ1n) is 4.81. The minimum atomic E-state index is 0.647. The SMILES string of the molecule is CCOCc1cnc2ccccc2c1. The van der Waals surface area contributed by atoms with Gasteiger partial charge in [-0.3, -0.25) is 4.98 Å². The number of para-hydroxylation sites is 1. The van der Waals surface area contributed by atoms with Crippen LogP contribution in [0.1, 0.15) is 12.5 Å². The lowest BCUT2D eigenvalue weighted by molar-refractivity contribution is 0.134. The molecule has 2 heteroatoms. The van der Waals surface area contributed by atoms with Gasteiger partial charge < -0.3 is 4.74 Å². The molecule has 0 fully saturated rings. The molecule has 1 heterocycles. The van der Waals surface area contributed by atoms with Crippen LogP contribution in [0, 0.1) is 0 Å². The molecule has 0 bridgehead atoms. The van der Waals surface area contributed by atoms with Crippen LogP contribution in [-0.4, -0.2) is 11.6 Å². The lowest BCUT2D eigenvalue weighted by Crippen LogP contribution is -1.92. The van der Waals surface area contributed by atoms with Gasteiger partial charge in [0.25, 0.3) is 0 Å². The maximum Gasteiger partial charge on any atom is 0.0731 e. The Morgan fingerprint density at radius 3 is 3.00 bits per heavy atom. The van der Waals surface area contributed by atoms with Crippen molar-refractivity contribution >= 4 is 10.9 Å². The van der Waals surface area contributed by atoms with E-state index in [2.05, 4.69) is 17.1 Å². The molecule has 0 N–H and O–H groups in total. The minimum Gasteiger partial charge on any atom is -0.377 e. The van der Waals surface area contributed by atoms with Gasteiger partial charge in [-0.05, 0) is 24.6 Å². The van der Waals surface area contributed by atoms with E-state index in [0.29, 0.717) is 6.61 Å². The monoisotopic (exact) mass is 187 g/mol. The number of rotatable bonds is 3. The lowest BCUT2D eigenvalue weighted by Gasteiger charge is -2.02. The number of fused-ring (bicyclic) bond motifs is 1. The number of benzene rings is 1. The van der Waals surface area contributed by atoms with E-state index in [0.717, 1.165) is 17.7 Å². The molecule has 0 saturated heterocycles. The molecule has 0 radical (unpaired) electrons. The fraction of sp³-hybridized carbons (Fsp3) is 0.250. The zero-order valence-corrected chi connectivity index (χ0v) is 8.23. The summed E-state index contributed by atoms with van der Waals surface area (Å²) in [5, 5.41) is 1.17. The molecule has 1 aromatic heterocycles. The molecule has 72 valence electrons. The van der Waals surface area contributed by atoms with Gasteiger partial charge in [-0.15, -0.1) is 0 Å². The Morgan fingerprint density at radius 1 is 1.29 bits per heavy atom. The Kier molecular flexibility index (Phi) is 2.75. The molecular weight excluding hydrogens is 174 g/mol. The Labute approximate surface area is 83.5 Å². The number of hydrogen-bond acceptors (Lipinski definition) is 2. The molecule has 0 unspecified atom stereocenters. The van der Waals surface area contributed by atoms with Crippen LogP contribution in [0.15, 0.2) is 36.5 Å². The van der Waals surface area contributed by atoms with Crippen LogP contribution in [0.3, 0.4) is 0 Å². The van der Waals surface area contributed by atoms with Crippen molar-refractivity contribution in [1.29, 1.82) is 0 Å². The van der Waals surface area contributed by atoms with Crippen LogP contribution in [-0.2, 0) is 11.3 Å². The van der Waals surface area contributed by atoms with Crippen LogP contribution < -0.4 is 0 Å². The average Bonchev–Trinajstić information content (AvgIpc) is 2.26. The van der Waals surface area contributed by atoms with Gasteiger partial charge >= 0.3 is 0 Å². The summed E-state index contributed by atoms with van der Waals surface area (Å²) < 4.78 is 5.33.